The highest BCUT2D eigenvalue weighted by Crippen LogP contribution is 2.16. The van der Waals surface area contributed by atoms with Crippen LogP contribution in [0.15, 0.2) is 6.20 Å². The van der Waals surface area contributed by atoms with Crippen LogP contribution in [-0.4, -0.2) is 17.4 Å². The minimum Gasteiger partial charge on any atom is -0.352 e. The Balaban J connectivity index is 2.69. The van der Waals surface area contributed by atoms with Crippen LogP contribution in [0.2, 0.25) is 4.47 Å². The Morgan fingerprint density at radius 2 is 2.64 bits per heavy atom. The van der Waals surface area contributed by atoms with E-state index in [9.17, 15) is 4.79 Å². The van der Waals surface area contributed by atoms with Crippen molar-refractivity contribution in [2.75, 3.05) is 6.54 Å². The largest absolute Gasteiger partial charge is 0.352 e. The maximum absolute atomic E-state index is 11.1. The van der Waals surface area contributed by atoms with E-state index in [1.54, 1.807) is 0 Å². The van der Waals surface area contributed by atoms with Crippen molar-refractivity contribution in [2.45, 2.75) is 6.92 Å². The number of nitrogens with one attached hydrogen (secondary N) is 1. The summed E-state index contributed by atoms with van der Waals surface area (Å²) in [7, 11) is 0. The number of thiazole rings is 1. The average molecular weight is 191 g/mol. The highest BCUT2D eigenvalue weighted by Gasteiger charge is 2.06. The first-order valence-electron chi connectivity index (χ1n) is 3.13. The number of carbonyl (C=O) groups is 1. The van der Waals surface area contributed by atoms with Gasteiger partial charge >= 0.3 is 0 Å². The summed E-state index contributed by atoms with van der Waals surface area (Å²) >= 11 is 6.71. The second-order valence-electron chi connectivity index (χ2n) is 1.84. The lowest BCUT2D eigenvalue weighted by molar-refractivity contribution is 0.0959. The summed E-state index contributed by atoms with van der Waals surface area (Å²) in [6.45, 7) is 2.48. The SMILES string of the molecule is CCNC(=O)c1cnc(Cl)s1. The molecule has 5 heteroatoms. The molecule has 1 rings (SSSR count). The van der Waals surface area contributed by atoms with E-state index in [-0.39, 0.29) is 5.91 Å². The summed E-state index contributed by atoms with van der Waals surface area (Å²) in [5, 5.41) is 2.65. The van der Waals surface area contributed by atoms with Crippen molar-refractivity contribution in [1.29, 1.82) is 0 Å². The molecule has 0 aliphatic rings. The Morgan fingerprint density at radius 1 is 1.91 bits per heavy atom. The van der Waals surface area contributed by atoms with Crippen LogP contribution in [0.3, 0.4) is 0 Å². The fourth-order valence-electron chi connectivity index (χ4n) is 0.605. The van der Waals surface area contributed by atoms with E-state index in [0.29, 0.717) is 15.9 Å². The summed E-state index contributed by atoms with van der Waals surface area (Å²) in [6, 6.07) is 0. The molecule has 1 aromatic heterocycles. The van der Waals surface area contributed by atoms with Crippen LogP contribution in [-0.2, 0) is 0 Å². The van der Waals surface area contributed by atoms with Crippen LogP contribution in [0.5, 0.6) is 0 Å². The van der Waals surface area contributed by atoms with Crippen molar-refractivity contribution >= 4 is 28.8 Å². The molecule has 1 N–H and O–H groups in total. The number of carbonyl (C=O) groups excluding carboxylic acids is 1. The second-order valence-corrected chi connectivity index (χ2v) is 3.45. The molecule has 0 spiro atoms. The van der Waals surface area contributed by atoms with Gasteiger partial charge in [0, 0.05) is 6.54 Å². The zero-order valence-corrected chi connectivity index (χ0v) is 7.50. The monoisotopic (exact) mass is 190 g/mol. The molecule has 1 aromatic rings. The lowest BCUT2D eigenvalue weighted by Crippen LogP contribution is -2.21. The number of nitrogens with zero attached hydrogens (tertiary/aromatic N) is 1. The fourth-order valence-corrected chi connectivity index (χ4v) is 1.46. The van der Waals surface area contributed by atoms with Crippen molar-refractivity contribution in [1.82, 2.24) is 10.3 Å². The lowest BCUT2D eigenvalue weighted by atomic mass is 10.5. The van der Waals surface area contributed by atoms with Crippen molar-refractivity contribution in [3.8, 4) is 0 Å². The van der Waals surface area contributed by atoms with Gasteiger partial charge in [0.05, 0.1) is 6.20 Å². The molecule has 0 aromatic carbocycles. The maximum atomic E-state index is 11.1. The Morgan fingerprint density at radius 3 is 3.09 bits per heavy atom. The van der Waals surface area contributed by atoms with E-state index in [1.165, 1.54) is 17.5 Å². The molecule has 1 heterocycles. The molecule has 60 valence electrons. The van der Waals surface area contributed by atoms with Crippen molar-refractivity contribution in [3.63, 3.8) is 0 Å². The number of amides is 1. The molecule has 0 aliphatic carbocycles. The zero-order chi connectivity index (χ0) is 8.27. The van der Waals surface area contributed by atoms with Crippen LogP contribution in [0.25, 0.3) is 0 Å². The van der Waals surface area contributed by atoms with Crippen LogP contribution >= 0.6 is 22.9 Å². The number of rotatable bonds is 2. The van der Waals surface area contributed by atoms with Crippen LogP contribution in [0, 0.1) is 0 Å². The second kappa shape index (κ2) is 3.69. The first-order valence-corrected chi connectivity index (χ1v) is 4.33. The van der Waals surface area contributed by atoms with Gasteiger partial charge in [0.1, 0.15) is 4.88 Å². The van der Waals surface area contributed by atoms with Crippen molar-refractivity contribution < 1.29 is 4.79 Å². The third kappa shape index (κ3) is 2.17. The van der Waals surface area contributed by atoms with Crippen LogP contribution in [0.1, 0.15) is 16.6 Å². The summed E-state index contributed by atoms with van der Waals surface area (Å²) in [5.74, 6) is -0.114. The molecule has 0 bridgehead atoms. The number of aromatic nitrogens is 1. The molecular weight excluding hydrogens is 184 g/mol. The van der Waals surface area contributed by atoms with Crippen molar-refractivity contribution in [2.24, 2.45) is 0 Å². The van der Waals surface area contributed by atoms with E-state index in [1.807, 2.05) is 6.92 Å². The van der Waals surface area contributed by atoms with Gasteiger partial charge in [-0.1, -0.05) is 22.9 Å². The van der Waals surface area contributed by atoms with E-state index in [0.717, 1.165) is 0 Å². The van der Waals surface area contributed by atoms with Crippen molar-refractivity contribution in [3.05, 3.63) is 15.5 Å². The quantitative estimate of drug-likeness (QED) is 0.769. The van der Waals surface area contributed by atoms with Gasteiger partial charge in [0.2, 0.25) is 0 Å². The summed E-state index contributed by atoms with van der Waals surface area (Å²) in [4.78, 5) is 15.4. The van der Waals surface area contributed by atoms with Gasteiger partial charge in [0.25, 0.3) is 5.91 Å². The van der Waals surface area contributed by atoms with Gasteiger partial charge in [0.15, 0.2) is 4.47 Å². The molecule has 0 saturated carbocycles. The molecule has 0 atom stereocenters. The highest BCUT2D eigenvalue weighted by molar-refractivity contribution is 7.17. The predicted octanol–water partition coefficient (Wildman–Crippen LogP) is 1.55. The molecular formula is C6H7ClN2OS. The third-order valence-electron chi connectivity index (χ3n) is 1.04. The topological polar surface area (TPSA) is 42.0 Å². The summed E-state index contributed by atoms with van der Waals surface area (Å²) in [5.41, 5.74) is 0. The molecule has 0 unspecified atom stereocenters. The van der Waals surface area contributed by atoms with E-state index < -0.39 is 0 Å². The molecule has 0 saturated heterocycles. The zero-order valence-electron chi connectivity index (χ0n) is 5.93. The van der Waals surface area contributed by atoms with Gasteiger partial charge in [-0.15, -0.1) is 0 Å². The number of halogens is 1. The van der Waals surface area contributed by atoms with Gasteiger partial charge in [-0.25, -0.2) is 4.98 Å². The highest BCUT2D eigenvalue weighted by atomic mass is 35.5. The van der Waals surface area contributed by atoms with E-state index in [4.69, 9.17) is 11.6 Å². The van der Waals surface area contributed by atoms with Crippen LogP contribution < -0.4 is 5.32 Å². The first kappa shape index (κ1) is 8.49. The molecule has 0 fully saturated rings. The summed E-state index contributed by atoms with van der Waals surface area (Å²) in [6.07, 6.45) is 1.47. The van der Waals surface area contributed by atoms with E-state index in [2.05, 4.69) is 10.3 Å². The standard InChI is InChI=1S/C6H7ClN2OS/c1-2-8-5(10)4-3-9-6(7)11-4/h3H,2H2,1H3,(H,8,10). The van der Waals surface area contributed by atoms with Gasteiger partial charge in [-0.3, -0.25) is 4.79 Å². The van der Waals surface area contributed by atoms with Crippen LogP contribution in [0.4, 0.5) is 0 Å². The third-order valence-corrected chi connectivity index (χ3v) is 2.15. The van der Waals surface area contributed by atoms with E-state index >= 15 is 0 Å². The van der Waals surface area contributed by atoms with Gasteiger partial charge in [-0.05, 0) is 6.92 Å². The summed E-state index contributed by atoms with van der Waals surface area (Å²) < 4.78 is 0.395. The molecule has 11 heavy (non-hydrogen) atoms. The minimum atomic E-state index is -0.114. The molecule has 1 amide bonds. The number of hydrogen-bond donors (Lipinski definition) is 1. The Kier molecular flexibility index (Phi) is 2.84. The number of hydrogen-bond acceptors (Lipinski definition) is 3. The first-order chi connectivity index (χ1) is 5.24. The van der Waals surface area contributed by atoms with Gasteiger partial charge < -0.3 is 5.32 Å². The Labute approximate surface area is 73.4 Å². The smallest absolute Gasteiger partial charge is 0.263 e. The Hall–Kier alpha value is -0.610. The predicted molar refractivity (Wildman–Crippen MR) is 45.1 cm³/mol. The normalized spacial score (nSPS) is 9.64. The molecule has 0 aliphatic heterocycles. The molecule has 3 nitrogen and oxygen atoms in total. The average Bonchev–Trinajstić information content (AvgIpc) is 2.36. The lowest BCUT2D eigenvalue weighted by Gasteiger charge is -1.95. The van der Waals surface area contributed by atoms with Gasteiger partial charge in [-0.2, -0.15) is 0 Å². The molecule has 0 radical (unpaired) electrons. The fraction of sp³-hybridized carbons (Fsp3) is 0.333. The maximum Gasteiger partial charge on any atom is 0.263 e. The minimum absolute atomic E-state index is 0.114. The Bertz CT molecular complexity index is 261.